The monoisotopic (exact) mass is 679 g/mol. The molecule has 0 atom stereocenters. The van der Waals surface area contributed by atoms with E-state index in [9.17, 15) is 14.4 Å². The summed E-state index contributed by atoms with van der Waals surface area (Å²) in [7, 11) is 0. The quantitative estimate of drug-likeness (QED) is 0.0884. The maximum atomic E-state index is 12.9. The molecule has 0 spiro atoms. The van der Waals surface area contributed by atoms with Crippen LogP contribution in [0.1, 0.15) is 58.7 Å². The fraction of sp³-hybridized carbons (Fsp3) is 0.233. The van der Waals surface area contributed by atoms with E-state index in [0.29, 0.717) is 24.1 Å². The number of aromatic amines is 1. The molecule has 4 aromatic carbocycles. The van der Waals surface area contributed by atoms with Crippen molar-refractivity contribution in [1.82, 2.24) is 15.2 Å². The molecule has 2 aliphatic heterocycles. The third-order valence-corrected chi connectivity index (χ3v) is 9.57. The normalized spacial score (nSPS) is 13.7. The van der Waals surface area contributed by atoms with Crippen LogP contribution in [0.3, 0.4) is 0 Å². The molecule has 0 radical (unpaired) electrons. The number of carbonyl (C=O) groups is 3. The van der Waals surface area contributed by atoms with Gasteiger partial charge in [0, 0.05) is 34.9 Å². The van der Waals surface area contributed by atoms with Crippen LogP contribution in [0.5, 0.6) is 0 Å². The third kappa shape index (κ3) is 8.03. The van der Waals surface area contributed by atoms with Crippen LogP contribution in [0, 0.1) is 13.8 Å². The van der Waals surface area contributed by atoms with Crippen LogP contribution in [-0.2, 0) is 16.0 Å². The van der Waals surface area contributed by atoms with Gasteiger partial charge >= 0.3 is 0 Å². The first-order chi connectivity index (χ1) is 24.7. The van der Waals surface area contributed by atoms with Crippen LogP contribution in [0.25, 0.3) is 33.9 Å². The number of rotatable bonds is 10. The Bertz CT molecular complexity index is 2080. The van der Waals surface area contributed by atoms with Crippen molar-refractivity contribution in [2.24, 2.45) is 0 Å². The van der Waals surface area contributed by atoms with Crippen LogP contribution in [0.2, 0.25) is 0 Å². The van der Waals surface area contributed by atoms with Crippen LogP contribution in [0.15, 0.2) is 97.1 Å². The number of H-pyrrole nitrogens is 1. The summed E-state index contributed by atoms with van der Waals surface area (Å²) in [4.78, 5) is 42.7. The summed E-state index contributed by atoms with van der Waals surface area (Å²) in [6.45, 7) is 11.8. The average molecular weight is 680 g/mol. The zero-order valence-corrected chi connectivity index (χ0v) is 29.7. The summed E-state index contributed by atoms with van der Waals surface area (Å²) in [6, 6.07) is 32.4. The molecule has 8 heteroatoms. The van der Waals surface area contributed by atoms with E-state index in [1.165, 1.54) is 5.56 Å². The standard InChI is InChI=1S/C29H34N4O2.C14H11NO/c1-5-33(6-2)16-10-15-30-29(35)27-19(3)26(31-20(27)4)18-24-23-17-22(21-11-8-7-9-12-21)13-14-25(23)32-28(24)34;16-14-9-12-8-11(6-7-13(12)15-14)10-4-2-1-3-5-10/h7-9,11-14,17-18,31H,5-6,10,15-16H2,1-4H3,(H,30,35)(H,32,34);1-8H,9H2,(H,15,16). The second kappa shape index (κ2) is 15.9. The van der Waals surface area contributed by atoms with Gasteiger partial charge in [0.15, 0.2) is 0 Å². The molecule has 0 bridgehead atoms. The minimum atomic E-state index is -0.140. The molecule has 8 nitrogen and oxygen atoms in total. The summed E-state index contributed by atoms with van der Waals surface area (Å²) in [5, 5.41) is 8.85. The Morgan fingerprint density at radius 1 is 0.784 bits per heavy atom. The van der Waals surface area contributed by atoms with Gasteiger partial charge in [-0.25, -0.2) is 0 Å². The topological polar surface area (TPSA) is 106 Å². The number of aromatic nitrogens is 1. The molecule has 0 fully saturated rings. The Morgan fingerprint density at radius 3 is 2.06 bits per heavy atom. The maximum Gasteiger partial charge on any atom is 0.256 e. The Labute approximate surface area is 300 Å². The Morgan fingerprint density at radius 2 is 1.41 bits per heavy atom. The molecule has 0 saturated heterocycles. The molecular weight excluding hydrogens is 635 g/mol. The number of carbonyl (C=O) groups excluding carboxylic acids is 3. The van der Waals surface area contributed by atoms with E-state index in [4.69, 9.17) is 0 Å². The number of benzene rings is 4. The molecule has 0 saturated carbocycles. The van der Waals surface area contributed by atoms with Gasteiger partial charge in [0.1, 0.15) is 0 Å². The van der Waals surface area contributed by atoms with Crippen LogP contribution in [0.4, 0.5) is 11.4 Å². The molecule has 5 aromatic rings. The smallest absolute Gasteiger partial charge is 0.256 e. The highest BCUT2D eigenvalue weighted by molar-refractivity contribution is 6.35. The van der Waals surface area contributed by atoms with Crippen molar-refractivity contribution < 1.29 is 14.4 Å². The minimum Gasteiger partial charge on any atom is -0.358 e. The minimum absolute atomic E-state index is 0.0805. The number of nitrogens with one attached hydrogen (secondary N) is 4. The van der Waals surface area contributed by atoms with E-state index < -0.39 is 0 Å². The predicted molar refractivity (Wildman–Crippen MR) is 208 cm³/mol. The van der Waals surface area contributed by atoms with Gasteiger partial charge in [-0.15, -0.1) is 0 Å². The average Bonchev–Trinajstić information content (AvgIpc) is 3.78. The number of hydrogen-bond acceptors (Lipinski definition) is 4. The predicted octanol–water partition coefficient (Wildman–Crippen LogP) is 8.10. The van der Waals surface area contributed by atoms with Crippen molar-refractivity contribution in [3.63, 3.8) is 0 Å². The Kier molecular flexibility index (Phi) is 10.9. The number of nitrogens with zero attached hydrogens (tertiary/aromatic N) is 1. The zero-order chi connectivity index (χ0) is 35.9. The van der Waals surface area contributed by atoms with Crippen molar-refractivity contribution in [3.05, 3.63) is 131 Å². The molecule has 2 aliphatic rings. The molecule has 0 unspecified atom stereocenters. The number of hydrogen-bond donors (Lipinski definition) is 4. The van der Waals surface area contributed by atoms with E-state index in [0.717, 1.165) is 82.2 Å². The SMILES string of the molecule is CCN(CC)CCCNC(=O)c1c(C)[nH]c(C=C2C(=O)Nc3ccc(-c4ccccc4)cc32)c1C.O=C1Cc2cc(-c3ccccc3)ccc2N1. The third-order valence-electron chi connectivity index (χ3n) is 9.57. The van der Waals surface area contributed by atoms with Crippen molar-refractivity contribution in [3.8, 4) is 22.3 Å². The highest BCUT2D eigenvalue weighted by Gasteiger charge is 2.26. The van der Waals surface area contributed by atoms with Crippen molar-refractivity contribution in [2.45, 2.75) is 40.5 Å². The summed E-state index contributed by atoms with van der Waals surface area (Å²) >= 11 is 0. The lowest BCUT2D eigenvalue weighted by atomic mass is 9.98. The molecule has 51 heavy (non-hydrogen) atoms. The van der Waals surface area contributed by atoms with Crippen LogP contribution < -0.4 is 16.0 Å². The van der Waals surface area contributed by atoms with E-state index in [1.54, 1.807) is 0 Å². The number of aryl methyl sites for hydroxylation is 1. The lowest BCUT2D eigenvalue weighted by Crippen LogP contribution is -2.30. The fourth-order valence-corrected chi connectivity index (χ4v) is 6.72. The van der Waals surface area contributed by atoms with Gasteiger partial charge in [-0.3, -0.25) is 14.4 Å². The summed E-state index contributed by atoms with van der Waals surface area (Å²) in [6.07, 6.45) is 3.26. The van der Waals surface area contributed by atoms with Crippen molar-refractivity contribution in [1.29, 1.82) is 0 Å². The van der Waals surface area contributed by atoms with E-state index in [2.05, 4.69) is 70.0 Å². The van der Waals surface area contributed by atoms with Gasteiger partial charge in [0.05, 0.1) is 17.6 Å². The van der Waals surface area contributed by atoms with Gasteiger partial charge in [-0.1, -0.05) is 86.6 Å². The molecule has 1 aromatic heterocycles. The molecule has 260 valence electrons. The molecule has 3 amide bonds. The lowest BCUT2D eigenvalue weighted by Gasteiger charge is -2.17. The summed E-state index contributed by atoms with van der Waals surface area (Å²) < 4.78 is 0. The lowest BCUT2D eigenvalue weighted by molar-refractivity contribution is -0.115. The van der Waals surface area contributed by atoms with Crippen molar-refractivity contribution in [2.75, 3.05) is 36.8 Å². The van der Waals surface area contributed by atoms with Crippen molar-refractivity contribution >= 4 is 40.7 Å². The first kappa shape index (κ1) is 35.1. The fourth-order valence-electron chi connectivity index (χ4n) is 6.72. The number of amides is 3. The molecule has 3 heterocycles. The van der Waals surface area contributed by atoms with Gasteiger partial charge in [-0.05, 0) is 104 Å². The highest BCUT2D eigenvalue weighted by atomic mass is 16.2. The first-order valence-corrected chi connectivity index (χ1v) is 17.7. The second-order valence-electron chi connectivity index (χ2n) is 12.9. The van der Waals surface area contributed by atoms with Gasteiger partial charge in [0.25, 0.3) is 11.8 Å². The molecule has 0 aliphatic carbocycles. The number of fused-ring (bicyclic) bond motifs is 2. The highest BCUT2D eigenvalue weighted by Crippen LogP contribution is 2.37. The van der Waals surface area contributed by atoms with E-state index in [-0.39, 0.29) is 17.7 Å². The molecule has 7 rings (SSSR count). The van der Waals surface area contributed by atoms with Gasteiger partial charge in [0.2, 0.25) is 5.91 Å². The Hall–Kier alpha value is -5.73. The largest absolute Gasteiger partial charge is 0.358 e. The summed E-state index contributed by atoms with van der Waals surface area (Å²) in [5.74, 6) is -0.137. The second-order valence-corrected chi connectivity index (χ2v) is 12.9. The van der Waals surface area contributed by atoms with Crippen LogP contribution >= 0.6 is 0 Å². The molecule has 4 N–H and O–H groups in total. The van der Waals surface area contributed by atoms with E-state index >= 15 is 0 Å². The van der Waals surface area contributed by atoms with E-state index in [1.807, 2.05) is 86.7 Å². The Balaban J connectivity index is 0.000000231. The zero-order valence-electron chi connectivity index (χ0n) is 29.7. The molecular formula is C43H45N5O3. The van der Waals surface area contributed by atoms with Gasteiger partial charge in [-0.2, -0.15) is 0 Å². The first-order valence-electron chi connectivity index (χ1n) is 17.7. The van der Waals surface area contributed by atoms with Gasteiger partial charge < -0.3 is 25.8 Å². The van der Waals surface area contributed by atoms with Crippen LogP contribution in [-0.4, -0.2) is 53.8 Å². The summed E-state index contributed by atoms with van der Waals surface area (Å²) in [5.41, 5.74) is 11.9. The number of anilines is 2. The maximum absolute atomic E-state index is 12.9.